The summed E-state index contributed by atoms with van der Waals surface area (Å²) in [6, 6.07) is 0. The molecule has 80 valence electrons. The number of Topliss-reactive ketones (excluding diaryl/α,β-unsaturated/α-hetero) is 1. The summed E-state index contributed by atoms with van der Waals surface area (Å²) < 4.78 is 0. The number of rotatable bonds is 4. The molecule has 14 heavy (non-hydrogen) atoms. The summed E-state index contributed by atoms with van der Waals surface area (Å²) in [5.41, 5.74) is 0. The van der Waals surface area contributed by atoms with Crippen LogP contribution in [0.4, 0.5) is 0 Å². The fraction of sp³-hybridized carbons (Fsp3) is 0.667. The fourth-order valence-corrected chi connectivity index (χ4v) is 0.716. The molecule has 0 aliphatic rings. The number of hydrogen-bond donors (Lipinski definition) is 0. The maximum atomic E-state index is 11.2. The van der Waals surface area contributed by atoms with Gasteiger partial charge in [-0.25, -0.2) is 0 Å². The molecule has 0 bridgehead atoms. The summed E-state index contributed by atoms with van der Waals surface area (Å²) in [6.07, 6.45) is -0.404. The number of ketones is 1. The van der Waals surface area contributed by atoms with Gasteiger partial charge >= 0.3 is 0 Å². The van der Waals surface area contributed by atoms with Gasteiger partial charge in [-0.2, -0.15) is 0 Å². The second-order valence-electron chi connectivity index (χ2n) is 3.47. The molecule has 0 aromatic carbocycles. The van der Waals surface area contributed by atoms with Crippen molar-refractivity contribution in [2.24, 2.45) is 0 Å². The highest BCUT2D eigenvalue weighted by molar-refractivity contribution is 6.05. The minimum absolute atomic E-state index is 0.202. The molecule has 0 heterocycles. The highest BCUT2D eigenvalue weighted by Crippen LogP contribution is 1.96. The third-order valence-corrected chi connectivity index (χ3v) is 1.69. The highest BCUT2D eigenvalue weighted by atomic mass is 16.2. The van der Waals surface area contributed by atoms with Crippen LogP contribution in [0.5, 0.6) is 0 Å². The fourth-order valence-electron chi connectivity index (χ4n) is 0.716. The monoisotopic (exact) mass is 200 g/mol. The third kappa shape index (κ3) is 4.59. The SMILES string of the molecule is CN(C)C(=O)CC(=O)CC(=O)N(C)C. The predicted octanol–water partition coefficient (Wildman–Crippen LogP) is -0.488. The first-order chi connectivity index (χ1) is 6.34. The molecule has 2 amide bonds. The zero-order chi connectivity index (χ0) is 11.3. The Hall–Kier alpha value is -1.39. The lowest BCUT2D eigenvalue weighted by Gasteiger charge is -2.11. The summed E-state index contributed by atoms with van der Waals surface area (Å²) in [4.78, 5) is 36.0. The first-order valence-corrected chi connectivity index (χ1v) is 4.26. The predicted molar refractivity (Wildman–Crippen MR) is 51.6 cm³/mol. The molecule has 0 spiro atoms. The van der Waals surface area contributed by atoms with Crippen LogP contribution in [0.15, 0.2) is 0 Å². The van der Waals surface area contributed by atoms with E-state index in [9.17, 15) is 14.4 Å². The van der Waals surface area contributed by atoms with Gasteiger partial charge in [-0.15, -0.1) is 0 Å². The summed E-state index contributed by atoms with van der Waals surface area (Å²) in [5.74, 6) is -0.898. The van der Waals surface area contributed by atoms with Gasteiger partial charge in [0.2, 0.25) is 11.8 Å². The maximum Gasteiger partial charge on any atom is 0.229 e. The molecule has 5 heteroatoms. The largest absolute Gasteiger partial charge is 0.348 e. The Labute approximate surface area is 83.7 Å². The van der Waals surface area contributed by atoms with Crippen molar-refractivity contribution in [2.45, 2.75) is 12.8 Å². The number of carbonyl (C=O) groups excluding carboxylic acids is 3. The van der Waals surface area contributed by atoms with E-state index in [0.717, 1.165) is 0 Å². The summed E-state index contributed by atoms with van der Waals surface area (Å²) in [6.45, 7) is 0. The molecule has 0 aliphatic carbocycles. The zero-order valence-electron chi connectivity index (χ0n) is 9.03. The zero-order valence-corrected chi connectivity index (χ0v) is 9.03. The van der Waals surface area contributed by atoms with Crippen LogP contribution in [0, 0.1) is 0 Å². The summed E-state index contributed by atoms with van der Waals surface area (Å²) in [7, 11) is 6.29. The Morgan fingerprint density at radius 2 is 1.07 bits per heavy atom. The highest BCUT2D eigenvalue weighted by Gasteiger charge is 2.15. The normalized spacial score (nSPS) is 9.43. The van der Waals surface area contributed by atoms with Gasteiger partial charge in [0.15, 0.2) is 5.78 Å². The Morgan fingerprint density at radius 3 is 1.29 bits per heavy atom. The van der Waals surface area contributed by atoms with Gasteiger partial charge in [-0.3, -0.25) is 14.4 Å². The van der Waals surface area contributed by atoms with E-state index < -0.39 is 0 Å². The van der Waals surface area contributed by atoms with Crippen molar-refractivity contribution in [2.75, 3.05) is 28.2 Å². The van der Waals surface area contributed by atoms with E-state index in [1.54, 1.807) is 28.2 Å². The number of carbonyl (C=O) groups is 3. The molecule has 0 saturated carbocycles. The number of nitrogens with zero attached hydrogens (tertiary/aromatic N) is 2. The van der Waals surface area contributed by atoms with E-state index in [2.05, 4.69) is 0 Å². The molecule has 0 radical (unpaired) electrons. The van der Waals surface area contributed by atoms with Gasteiger partial charge in [0.25, 0.3) is 0 Å². The molecule has 5 nitrogen and oxygen atoms in total. The molecule has 0 rings (SSSR count). The molecule has 0 aromatic heterocycles. The molecule has 0 fully saturated rings. The minimum atomic E-state index is -0.345. The smallest absolute Gasteiger partial charge is 0.229 e. The summed E-state index contributed by atoms with van der Waals surface area (Å²) >= 11 is 0. The van der Waals surface area contributed by atoms with Crippen LogP contribution >= 0.6 is 0 Å². The van der Waals surface area contributed by atoms with Crippen LogP contribution in [0.25, 0.3) is 0 Å². The van der Waals surface area contributed by atoms with Gasteiger partial charge in [0, 0.05) is 28.2 Å². The molecule has 0 saturated heterocycles. The van der Waals surface area contributed by atoms with Crippen molar-refractivity contribution in [1.29, 1.82) is 0 Å². The van der Waals surface area contributed by atoms with Crippen LogP contribution in [0.2, 0.25) is 0 Å². The second-order valence-corrected chi connectivity index (χ2v) is 3.47. The van der Waals surface area contributed by atoms with Crippen LogP contribution in [0.1, 0.15) is 12.8 Å². The first kappa shape index (κ1) is 12.6. The van der Waals surface area contributed by atoms with Gasteiger partial charge in [0.1, 0.15) is 0 Å². The lowest BCUT2D eigenvalue weighted by atomic mass is 10.2. The van der Waals surface area contributed by atoms with E-state index in [-0.39, 0.29) is 30.4 Å². The van der Waals surface area contributed by atoms with Gasteiger partial charge in [0.05, 0.1) is 12.8 Å². The maximum absolute atomic E-state index is 11.2. The Balaban J connectivity index is 4.00. The Kier molecular flexibility index (Phi) is 4.83. The van der Waals surface area contributed by atoms with Crippen LogP contribution in [-0.4, -0.2) is 55.6 Å². The molecular weight excluding hydrogens is 184 g/mol. The average Bonchev–Trinajstić information content (AvgIpc) is 2.03. The van der Waals surface area contributed by atoms with Crippen molar-refractivity contribution >= 4 is 17.6 Å². The van der Waals surface area contributed by atoms with Crippen molar-refractivity contribution < 1.29 is 14.4 Å². The lowest BCUT2D eigenvalue weighted by molar-refractivity contribution is -0.136. The van der Waals surface area contributed by atoms with Crippen LogP contribution < -0.4 is 0 Å². The van der Waals surface area contributed by atoms with Crippen molar-refractivity contribution in [1.82, 2.24) is 9.80 Å². The molecule has 0 atom stereocenters. The quantitative estimate of drug-likeness (QED) is 0.575. The van der Waals surface area contributed by atoms with Crippen molar-refractivity contribution in [3.8, 4) is 0 Å². The minimum Gasteiger partial charge on any atom is -0.348 e. The second kappa shape index (κ2) is 5.36. The van der Waals surface area contributed by atoms with Gasteiger partial charge in [-0.1, -0.05) is 0 Å². The third-order valence-electron chi connectivity index (χ3n) is 1.69. The Morgan fingerprint density at radius 1 is 0.786 bits per heavy atom. The molecule has 0 aromatic rings. The van der Waals surface area contributed by atoms with Crippen LogP contribution in [-0.2, 0) is 14.4 Å². The van der Waals surface area contributed by atoms with Crippen LogP contribution in [0.3, 0.4) is 0 Å². The number of amides is 2. The molecule has 0 unspecified atom stereocenters. The lowest BCUT2D eigenvalue weighted by Crippen LogP contribution is -2.28. The molecule has 0 N–H and O–H groups in total. The van der Waals surface area contributed by atoms with E-state index in [0.29, 0.717) is 0 Å². The van der Waals surface area contributed by atoms with Crippen molar-refractivity contribution in [3.05, 3.63) is 0 Å². The van der Waals surface area contributed by atoms with E-state index >= 15 is 0 Å². The molecule has 0 aliphatic heterocycles. The van der Waals surface area contributed by atoms with E-state index in [1.165, 1.54) is 9.80 Å². The van der Waals surface area contributed by atoms with E-state index in [1.807, 2.05) is 0 Å². The summed E-state index contributed by atoms with van der Waals surface area (Å²) in [5, 5.41) is 0. The van der Waals surface area contributed by atoms with Gasteiger partial charge in [-0.05, 0) is 0 Å². The average molecular weight is 200 g/mol. The Bertz CT molecular complexity index is 222. The van der Waals surface area contributed by atoms with Gasteiger partial charge < -0.3 is 9.80 Å². The topological polar surface area (TPSA) is 57.7 Å². The standard InChI is InChI=1S/C9H16N2O3/c1-10(2)8(13)5-7(12)6-9(14)11(3)4/h5-6H2,1-4H3. The number of hydrogen-bond acceptors (Lipinski definition) is 3. The van der Waals surface area contributed by atoms with E-state index in [4.69, 9.17) is 0 Å². The molecular formula is C9H16N2O3. The first-order valence-electron chi connectivity index (χ1n) is 4.26. The van der Waals surface area contributed by atoms with Crippen molar-refractivity contribution in [3.63, 3.8) is 0 Å².